The minimum absolute atomic E-state index is 0.199. The highest BCUT2D eigenvalue weighted by Gasteiger charge is 2.17. The molecule has 2 heterocycles. The molecule has 1 aromatic heterocycles. The van der Waals surface area contributed by atoms with Gasteiger partial charge in [0.1, 0.15) is 0 Å². The van der Waals surface area contributed by atoms with Gasteiger partial charge < -0.3 is 15.1 Å². The van der Waals surface area contributed by atoms with Gasteiger partial charge in [0.05, 0.1) is 0 Å². The van der Waals surface area contributed by atoms with Crippen LogP contribution in [0.4, 0.5) is 5.82 Å². The minimum Gasteiger partial charge on any atom is -0.353 e. The van der Waals surface area contributed by atoms with Gasteiger partial charge in [-0.2, -0.15) is 0 Å². The first-order valence-corrected chi connectivity index (χ1v) is 8.80. The lowest BCUT2D eigenvalue weighted by molar-refractivity contribution is 0.0945. The van der Waals surface area contributed by atoms with Crippen LogP contribution in [-0.2, 0) is 6.54 Å². The first kappa shape index (κ1) is 17.4. The number of likely N-dealkylation sites (N-methyl/N-ethyl adjacent to an activating group) is 1. The Morgan fingerprint density at radius 1 is 1.04 bits per heavy atom. The molecular formula is C19H25N5O. The molecule has 2 aromatic rings. The van der Waals surface area contributed by atoms with E-state index in [2.05, 4.69) is 32.2 Å². The Hall–Kier alpha value is -2.47. The molecule has 1 amide bonds. The third-order valence-corrected chi connectivity index (χ3v) is 4.60. The number of nitrogens with one attached hydrogen (secondary N) is 1. The number of aromatic nitrogens is 2. The highest BCUT2D eigenvalue weighted by atomic mass is 16.1. The second kappa shape index (κ2) is 8.07. The van der Waals surface area contributed by atoms with Crippen LogP contribution in [0.5, 0.6) is 0 Å². The molecule has 1 saturated heterocycles. The number of anilines is 1. The standard InChI is InChI=1S/C19H25N5O/c1-3-23-10-12-24(13-11-23)18-9-8-17(21-22-18)19(25)20-14-16-6-4-15(2)5-7-16/h4-9H,3,10-14H2,1-2H3,(H,20,25). The number of carbonyl (C=O) groups is 1. The summed E-state index contributed by atoms with van der Waals surface area (Å²) in [4.78, 5) is 16.8. The van der Waals surface area contributed by atoms with E-state index in [1.807, 2.05) is 37.3 Å². The van der Waals surface area contributed by atoms with E-state index < -0.39 is 0 Å². The van der Waals surface area contributed by atoms with Crippen molar-refractivity contribution in [1.82, 2.24) is 20.4 Å². The summed E-state index contributed by atoms with van der Waals surface area (Å²) in [6, 6.07) is 11.7. The first-order valence-electron chi connectivity index (χ1n) is 8.80. The van der Waals surface area contributed by atoms with Gasteiger partial charge in [0.15, 0.2) is 11.5 Å². The molecule has 6 nitrogen and oxygen atoms in total. The molecule has 6 heteroatoms. The minimum atomic E-state index is -0.199. The van der Waals surface area contributed by atoms with E-state index in [1.54, 1.807) is 6.07 Å². The summed E-state index contributed by atoms with van der Waals surface area (Å²) in [5.41, 5.74) is 2.62. The van der Waals surface area contributed by atoms with E-state index in [4.69, 9.17) is 0 Å². The van der Waals surface area contributed by atoms with Crippen molar-refractivity contribution in [2.24, 2.45) is 0 Å². The number of nitrogens with zero attached hydrogens (tertiary/aromatic N) is 4. The average molecular weight is 339 g/mol. The number of hydrogen-bond acceptors (Lipinski definition) is 5. The lowest BCUT2D eigenvalue weighted by atomic mass is 10.1. The molecule has 0 aliphatic carbocycles. The molecule has 25 heavy (non-hydrogen) atoms. The predicted molar refractivity (Wildman–Crippen MR) is 98.7 cm³/mol. The highest BCUT2D eigenvalue weighted by molar-refractivity contribution is 5.92. The smallest absolute Gasteiger partial charge is 0.272 e. The Bertz CT molecular complexity index is 691. The molecule has 0 unspecified atom stereocenters. The first-order chi connectivity index (χ1) is 12.2. The maximum absolute atomic E-state index is 12.2. The van der Waals surface area contributed by atoms with Crippen molar-refractivity contribution in [3.8, 4) is 0 Å². The van der Waals surface area contributed by atoms with Crippen molar-refractivity contribution in [3.63, 3.8) is 0 Å². The molecule has 1 aliphatic rings. The van der Waals surface area contributed by atoms with E-state index in [0.717, 1.165) is 44.1 Å². The van der Waals surface area contributed by atoms with Crippen LogP contribution in [-0.4, -0.2) is 53.7 Å². The van der Waals surface area contributed by atoms with Gasteiger partial charge in [-0.3, -0.25) is 4.79 Å². The Morgan fingerprint density at radius 2 is 1.76 bits per heavy atom. The summed E-state index contributed by atoms with van der Waals surface area (Å²) in [7, 11) is 0. The van der Waals surface area contributed by atoms with Gasteiger partial charge in [0.2, 0.25) is 0 Å². The maximum Gasteiger partial charge on any atom is 0.272 e. The highest BCUT2D eigenvalue weighted by Crippen LogP contribution is 2.12. The van der Waals surface area contributed by atoms with Gasteiger partial charge in [-0.25, -0.2) is 0 Å². The van der Waals surface area contributed by atoms with Gasteiger partial charge in [-0.1, -0.05) is 36.8 Å². The maximum atomic E-state index is 12.2. The second-order valence-corrected chi connectivity index (χ2v) is 6.37. The number of benzene rings is 1. The number of rotatable bonds is 5. The van der Waals surface area contributed by atoms with Crippen molar-refractivity contribution in [2.75, 3.05) is 37.6 Å². The molecule has 132 valence electrons. The molecule has 1 N–H and O–H groups in total. The van der Waals surface area contributed by atoms with E-state index >= 15 is 0 Å². The summed E-state index contributed by atoms with van der Waals surface area (Å²) < 4.78 is 0. The normalized spacial score (nSPS) is 15.2. The monoisotopic (exact) mass is 339 g/mol. The van der Waals surface area contributed by atoms with E-state index in [9.17, 15) is 4.79 Å². The summed E-state index contributed by atoms with van der Waals surface area (Å²) in [6.07, 6.45) is 0. The molecular weight excluding hydrogens is 314 g/mol. The fourth-order valence-electron chi connectivity index (χ4n) is 2.89. The summed E-state index contributed by atoms with van der Waals surface area (Å²) >= 11 is 0. The van der Waals surface area contributed by atoms with Crippen LogP contribution in [0.25, 0.3) is 0 Å². The predicted octanol–water partition coefficient (Wildman–Crippen LogP) is 1.86. The van der Waals surface area contributed by atoms with Crippen molar-refractivity contribution in [3.05, 3.63) is 53.2 Å². The van der Waals surface area contributed by atoms with Crippen molar-refractivity contribution in [1.29, 1.82) is 0 Å². The Kier molecular flexibility index (Phi) is 5.60. The number of hydrogen-bond donors (Lipinski definition) is 1. The number of amides is 1. The second-order valence-electron chi connectivity index (χ2n) is 6.37. The zero-order chi connectivity index (χ0) is 17.6. The summed E-state index contributed by atoms with van der Waals surface area (Å²) in [5.74, 6) is 0.640. The fraction of sp³-hybridized carbons (Fsp3) is 0.421. The molecule has 3 rings (SSSR count). The third kappa shape index (κ3) is 4.54. The van der Waals surface area contributed by atoms with E-state index in [-0.39, 0.29) is 5.91 Å². The zero-order valence-corrected chi connectivity index (χ0v) is 14.9. The summed E-state index contributed by atoms with van der Waals surface area (Å²) in [5, 5.41) is 11.2. The quantitative estimate of drug-likeness (QED) is 0.901. The van der Waals surface area contributed by atoms with Crippen molar-refractivity contribution in [2.45, 2.75) is 20.4 Å². The molecule has 0 bridgehead atoms. The Labute approximate surface area is 148 Å². The summed E-state index contributed by atoms with van der Waals surface area (Å²) in [6.45, 7) is 9.76. The van der Waals surface area contributed by atoms with Crippen LogP contribution < -0.4 is 10.2 Å². The van der Waals surface area contributed by atoms with Gasteiger partial charge in [-0.05, 0) is 31.2 Å². The van der Waals surface area contributed by atoms with Crippen LogP contribution >= 0.6 is 0 Å². The van der Waals surface area contributed by atoms with Crippen LogP contribution in [0, 0.1) is 6.92 Å². The molecule has 1 aliphatic heterocycles. The topological polar surface area (TPSA) is 61.4 Å². The average Bonchev–Trinajstić information content (AvgIpc) is 2.67. The molecule has 1 aromatic carbocycles. The number of carbonyl (C=O) groups excluding carboxylic acids is 1. The van der Waals surface area contributed by atoms with Crippen LogP contribution in [0.3, 0.4) is 0 Å². The zero-order valence-electron chi connectivity index (χ0n) is 14.9. The van der Waals surface area contributed by atoms with Gasteiger partial charge in [0.25, 0.3) is 5.91 Å². The Morgan fingerprint density at radius 3 is 2.36 bits per heavy atom. The van der Waals surface area contributed by atoms with Gasteiger partial charge >= 0.3 is 0 Å². The molecule has 0 radical (unpaired) electrons. The third-order valence-electron chi connectivity index (χ3n) is 4.60. The SMILES string of the molecule is CCN1CCN(c2ccc(C(=O)NCc3ccc(C)cc3)nn2)CC1. The van der Waals surface area contributed by atoms with Crippen LogP contribution in [0.2, 0.25) is 0 Å². The number of piperazine rings is 1. The lowest BCUT2D eigenvalue weighted by Crippen LogP contribution is -2.46. The van der Waals surface area contributed by atoms with Crippen molar-refractivity contribution < 1.29 is 4.79 Å². The largest absolute Gasteiger partial charge is 0.353 e. The number of aryl methyl sites for hydroxylation is 1. The van der Waals surface area contributed by atoms with E-state index in [0.29, 0.717) is 12.2 Å². The van der Waals surface area contributed by atoms with Gasteiger partial charge in [-0.15, -0.1) is 10.2 Å². The molecule has 0 spiro atoms. The molecule has 0 saturated carbocycles. The van der Waals surface area contributed by atoms with Crippen LogP contribution in [0.15, 0.2) is 36.4 Å². The Balaban J connectivity index is 1.54. The van der Waals surface area contributed by atoms with E-state index in [1.165, 1.54) is 5.56 Å². The van der Waals surface area contributed by atoms with Crippen molar-refractivity contribution >= 4 is 11.7 Å². The molecule has 1 fully saturated rings. The fourth-order valence-corrected chi connectivity index (χ4v) is 2.89. The molecule has 0 atom stereocenters. The van der Waals surface area contributed by atoms with Crippen LogP contribution in [0.1, 0.15) is 28.5 Å². The van der Waals surface area contributed by atoms with Gasteiger partial charge in [0, 0.05) is 32.7 Å². The lowest BCUT2D eigenvalue weighted by Gasteiger charge is -2.34.